The Labute approximate surface area is 174 Å². The number of hydrogen-bond donors (Lipinski definition) is 3. The van der Waals surface area contributed by atoms with Gasteiger partial charge in [-0.05, 0) is 73.2 Å². The molecule has 4 rings (SSSR count). The van der Waals surface area contributed by atoms with E-state index in [9.17, 15) is 4.79 Å². The maximum Gasteiger partial charge on any atom is 0.229 e. The van der Waals surface area contributed by atoms with Crippen LogP contribution in [0.3, 0.4) is 0 Å². The first-order chi connectivity index (χ1) is 14.5. The highest BCUT2D eigenvalue weighted by Crippen LogP contribution is 2.47. The number of allylic oxidation sites excluding steroid dienone is 3. The predicted molar refractivity (Wildman–Crippen MR) is 119 cm³/mol. The summed E-state index contributed by atoms with van der Waals surface area (Å²) in [6.07, 6.45) is 9.56. The van der Waals surface area contributed by atoms with E-state index < -0.39 is 0 Å². The van der Waals surface area contributed by atoms with Crippen LogP contribution in [0.1, 0.15) is 37.4 Å². The van der Waals surface area contributed by atoms with Gasteiger partial charge in [0, 0.05) is 29.9 Å². The molecular weight excluding hydrogens is 378 g/mol. The molecule has 3 heterocycles. The minimum atomic E-state index is -0.0590. The molecule has 8 heteroatoms. The number of aromatic amines is 1. The number of carbonyl (C=O) groups excluding carboxylic acids is 1. The van der Waals surface area contributed by atoms with E-state index in [2.05, 4.69) is 37.2 Å². The smallest absolute Gasteiger partial charge is 0.229 e. The molecular formula is C22H23N7O. The molecule has 0 saturated heterocycles. The number of aromatic nitrogens is 4. The van der Waals surface area contributed by atoms with Gasteiger partial charge >= 0.3 is 0 Å². The quantitative estimate of drug-likeness (QED) is 0.429. The van der Waals surface area contributed by atoms with Crippen molar-refractivity contribution in [3.63, 3.8) is 0 Å². The molecule has 1 unspecified atom stereocenters. The van der Waals surface area contributed by atoms with Gasteiger partial charge < -0.3 is 11.1 Å². The summed E-state index contributed by atoms with van der Waals surface area (Å²) in [6, 6.07) is 3.77. The molecule has 0 aliphatic heterocycles. The molecule has 0 spiro atoms. The molecule has 3 aromatic rings. The largest absolute Gasteiger partial charge is 0.383 e. The Morgan fingerprint density at radius 3 is 2.93 bits per heavy atom. The average Bonchev–Trinajstić information content (AvgIpc) is 3.36. The number of amides is 1. The fourth-order valence-electron chi connectivity index (χ4n) is 3.46. The summed E-state index contributed by atoms with van der Waals surface area (Å²) in [5, 5.41) is 11.3. The highest BCUT2D eigenvalue weighted by molar-refractivity contribution is 5.98. The zero-order valence-electron chi connectivity index (χ0n) is 16.9. The Kier molecular flexibility index (Phi) is 5.14. The number of fused-ring (bicyclic) bond motifs is 1. The van der Waals surface area contributed by atoms with E-state index in [0.29, 0.717) is 11.6 Å². The molecule has 0 radical (unpaired) electrons. The van der Waals surface area contributed by atoms with E-state index in [0.717, 1.165) is 39.6 Å². The maximum atomic E-state index is 12.6. The van der Waals surface area contributed by atoms with Crippen molar-refractivity contribution in [3.8, 4) is 0 Å². The predicted octanol–water partition coefficient (Wildman–Crippen LogP) is 3.69. The fraction of sp³-hybridized carbons (Fsp3) is 0.227. The van der Waals surface area contributed by atoms with Gasteiger partial charge in [0.05, 0.1) is 11.9 Å². The van der Waals surface area contributed by atoms with Crippen molar-refractivity contribution in [3.05, 3.63) is 59.8 Å². The van der Waals surface area contributed by atoms with Gasteiger partial charge in [0.2, 0.25) is 5.91 Å². The maximum absolute atomic E-state index is 12.6. The first kappa shape index (κ1) is 19.5. The molecule has 1 fully saturated rings. The number of anilines is 2. The topological polar surface area (TPSA) is 122 Å². The van der Waals surface area contributed by atoms with Crippen LogP contribution in [0.5, 0.6) is 0 Å². The van der Waals surface area contributed by atoms with Crippen LogP contribution in [0.2, 0.25) is 0 Å². The number of nitrogens with zero attached hydrogens (tertiary/aromatic N) is 4. The first-order valence-electron chi connectivity index (χ1n) is 9.64. The normalized spacial score (nSPS) is 19.0. The van der Waals surface area contributed by atoms with Crippen LogP contribution in [0.25, 0.3) is 16.3 Å². The van der Waals surface area contributed by atoms with Crippen molar-refractivity contribution < 1.29 is 4.79 Å². The molecule has 1 amide bonds. The standard InChI is InChI=1S/C22H23N7O/c1-12(4-5-24-3)13(2)19-6-14-7-20(25-11-18(14)21(23)28-19)29-22(30)17-8-16(17)15-9-26-27-10-15/h4-7,9-11,16-17H,3,8H2,1-2H3,(H2,23,28)(H,26,27)(H,25,29,30)/b5-4-,13-12+/t16-,17?/m1/s1. The lowest BCUT2D eigenvalue weighted by molar-refractivity contribution is -0.117. The summed E-state index contributed by atoms with van der Waals surface area (Å²) >= 11 is 0. The lowest BCUT2D eigenvalue weighted by Gasteiger charge is -2.10. The minimum Gasteiger partial charge on any atom is -0.383 e. The van der Waals surface area contributed by atoms with Crippen molar-refractivity contribution in [2.24, 2.45) is 10.9 Å². The van der Waals surface area contributed by atoms with Gasteiger partial charge in [0.15, 0.2) is 0 Å². The first-order valence-corrected chi connectivity index (χ1v) is 9.64. The molecule has 152 valence electrons. The van der Waals surface area contributed by atoms with Gasteiger partial charge in [0.1, 0.15) is 11.6 Å². The lowest BCUT2D eigenvalue weighted by Crippen LogP contribution is -2.15. The molecule has 0 aromatic carbocycles. The highest BCUT2D eigenvalue weighted by Gasteiger charge is 2.44. The Balaban J connectivity index is 1.58. The summed E-state index contributed by atoms with van der Waals surface area (Å²) in [5.74, 6) is 1.01. The van der Waals surface area contributed by atoms with E-state index in [1.54, 1.807) is 18.6 Å². The van der Waals surface area contributed by atoms with Crippen molar-refractivity contribution in [1.29, 1.82) is 0 Å². The van der Waals surface area contributed by atoms with Crippen LogP contribution in [-0.2, 0) is 4.79 Å². The number of nitrogens with one attached hydrogen (secondary N) is 2. The van der Waals surface area contributed by atoms with Gasteiger partial charge in [-0.1, -0.05) is 0 Å². The van der Waals surface area contributed by atoms with E-state index in [4.69, 9.17) is 5.73 Å². The van der Waals surface area contributed by atoms with Crippen molar-refractivity contribution in [1.82, 2.24) is 20.2 Å². The summed E-state index contributed by atoms with van der Waals surface area (Å²) in [4.78, 5) is 25.2. The fourth-order valence-corrected chi connectivity index (χ4v) is 3.46. The van der Waals surface area contributed by atoms with Crippen molar-refractivity contribution >= 4 is 40.6 Å². The number of pyridine rings is 2. The van der Waals surface area contributed by atoms with Gasteiger partial charge in [-0.15, -0.1) is 0 Å². The molecule has 8 nitrogen and oxygen atoms in total. The second-order valence-electron chi connectivity index (χ2n) is 7.46. The van der Waals surface area contributed by atoms with Crippen LogP contribution in [0, 0.1) is 5.92 Å². The zero-order valence-corrected chi connectivity index (χ0v) is 16.9. The summed E-state index contributed by atoms with van der Waals surface area (Å²) in [5.41, 5.74) is 9.97. The number of H-pyrrole nitrogens is 1. The van der Waals surface area contributed by atoms with Gasteiger partial charge in [-0.3, -0.25) is 14.9 Å². The Morgan fingerprint density at radius 2 is 2.20 bits per heavy atom. The van der Waals surface area contributed by atoms with Crippen LogP contribution in [-0.4, -0.2) is 32.8 Å². The van der Waals surface area contributed by atoms with Crippen LogP contribution < -0.4 is 11.1 Å². The van der Waals surface area contributed by atoms with Crippen LogP contribution in [0.4, 0.5) is 11.6 Å². The van der Waals surface area contributed by atoms with Gasteiger partial charge in [-0.2, -0.15) is 5.10 Å². The monoisotopic (exact) mass is 401 g/mol. The molecule has 1 aliphatic carbocycles. The van der Waals surface area contributed by atoms with E-state index in [1.807, 2.05) is 38.3 Å². The Bertz CT molecular complexity index is 1180. The summed E-state index contributed by atoms with van der Waals surface area (Å²) in [7, 11) is 0. The third-order valence-corrected chi connectivity index (χ3v) is 5.48. The van der Waals surface area contributed by atoms with Crippen LogP contribution >= 0.6 is 0 Å². The van der Waals surface area contributed by atoms with Crippen LogP contribution in [0.15, 0.2) is 53.6 Å². The van der Waals surface area contributed by atoms with Gasteiger partial charge in [0.25, 0.3) is 0 Å². The average molecular weight is 401 g/mol. The summed E-state index contributed by atoms with van der Waals surface area (Å²) < 4.78 is 0. The zero-order chi connectivity index (χ0) is 21.3. The number of nitrogen functional groups attached to an aromatic ring is 1. The van der Waals surface area contributed by atoms with E-state index in [-0.39, 0.29) is 17.7 Å². The molecule has 2 atom stereocenters. The Hall–Kier alpha value is -3.81. The van der Waals surface area contributed by atoms with Crippen molar-refractivity contribution in [2.45, 2.75) is 26.2 Å². The highest BCUT2D eigenvalue weighted by atomic mass is 16.2. The molecule has 3 aromatic heterocycles. The molecule has 30 heavy (non-hydrogen) atoms. The molecule has 4 N–H and O–H groups in total. The number of nitrogens with two attached hydrogens (primary N) is 1. The number of hydrogen-bond acceptors (Lipinski definition) is 6. The third-order valence-electron chi connectivity index (χ3n) is 5.48. The van der Waals surface area contributed by atoms with Gasteiger partial charge in [-0.25, -0.2) is 9.97 Å². The number of aliphatic imine (C=N–C) groups is 1. The second kappa shape index (κ2) is 7.90. The number of rotatable bonds is 6. The SMILES string of the molecule is C=N/C=C\C(C)=C(/C)c1cc2cc(NC(=O)C3C[C@@H]3c3cn[nH]c3)ncc2c(N)n1. The lowest BCUT2D eigenvalue weighted by atomic mass is 10.0. The van der Waals surface area contributed by atoms with E-state index in [1.165, 1.54) is 0 Å². The van der Waals surface area contributed by atoms with E-state index >= 15 is 0 Å². The minimum absolute atomic E-state index is 0.0377. The molecule has 1 saturated carbocycles. The summed E-state index contributed by atoms with van der Waals surface area (Å²) in [6.45, 7) is 7.40. The molecule has 0 bridgehead atoms. The third kappa shape index (κ3) is 3.84. The molecule has 1 aliphatic rings. The van der Waals surface area contributed by atoms with Crippen molar-refractivity contribution in [2.75, 3.05) is 11.1 Å². The second-order valence-corrected chi connectivity index (χ2v) is 7.46. The number of carbonyl (C=O) groups is 1. The Morgan fingerprint density at radius 1 is 1.37 bits per heavy atom.